The first-order chi connectivity index (χ1) is 12.7. The summed E-state index contributed by atoms with van der Waals surface area (Å²) in [5.74, 6) is -0.0901. The van der Waals surface area contributed by atoms with E-state index in [4.69, 9.17) is 0 Å². The predicted molar refractivity (Wildman–Crippen MR) is 103 cm³/mol. The van der Waals surface area contributed by atoms with Crippen molar-refractivity contribution in [2.24, 2.45) is 5.10 Å². The van der Waals surface area contributed by atoms with Crippen LogP contribution < -0.4 is 16.3 Å². The van der Waals surface area contributed by atoms with Gasteiger partial charge in [0.15, 0.2) is 0 Å². The van der Waals surface area contributed by atoms with Crippen molar-refractivity contribution in [1.29, 1.82) is 0 Å². The first-order valence-electron chi connectivity index (χ1n) is 8.30. The second kappa shape index (κ2) is 7.25. The summed E-state index contributed by atoms with van der Waals surface area (Å²) in [6.07, 6.45) is 2.14. The standard InChI is InChI=1S/C19H18N4O2S/c24-17-8-7-12-4-1-2-5-13(12)14(17)11-20-23-19(25)16-10-15(21-22-16)18-6-3-9-26-18/h1-9,11,15-16,21-22,24H,10H2,(H,23,25)/b20-11+. The van der Waals surface area contributed by atoms with Crippen LogP contribution in [0.1, 0.15) is 22.9 Å². The zero-order valence-corrected chi connectivity index (χ0v) is 14.7. The summed E-state index contributed by atoms with van der Waals surface area (Å²) in [5.41, 5.74) is 9.28. The normalized spacial score (nSPS) is 20.0. The molecular formula is C19H18N4O2S. The summed E-state index contributed by atoms with van der Waals surface area (Å²) in [4.78, 5) is 13.5. The van der Waals surface area contributed by atoms with Crippen LogP contribution in [-0.4, -0.2) is 23.3 Å². The van der Waals surface area contributed by atoms with Gasteiger partial charge in [-0.2, -0.15) is 5.10 Å². The predicted octanol–water partition coefficient (Wildman–Crippen LogP) is 2.66. The molecule has 4 N–H and O–H groups in total. The van der Waals surface area contributed by atoms with Gasteiger partial charge in [-0.15, -0.1) is 11.3 Å². The number of benzene rings is 2. The average molecular weight is 366 g/mol. The smallest absolute Gasteiger partial charge is 0.258 e. The summed E-state index contributed by atoms with van der Waals surface area (Å²) in [5, 5.41) is 18.0. The monoisotopic (exact) mass is 366 g/mol. The van der Waals surface area contributed by atoms with Gasteiger partial charge in [0.2, 0.25) is 0 Å². The highest BCUT2D eigenvalue weighted by Crippen LogP contribution is 2.26. The van der Waals surface area contributed by atoms with Crippen LogP contribution >= 0.6 is 11.3 Å². The van der Waals surface area contributed by atoms with E-state index in [0.29, 0.717) is 12.0 Å². The minimum atomic E-state index is -0.361. The van der Waals surface area contributed by atoms with E-state index in [1.54, 1.807) is 17.4 Å². The van der Waals surface area contributed by atoms with Crippen LogP contribution in [0.5, 0.6) is 5.75 Å². The zero-order valence-electron chi connectivity index (χ0n) is 13.8. The fraction of sp³-hybridized carbons (Fsp3) is 0.158. The molecular weight excluding hydrogens is 348 g/mol. The molecule has 2 atom stereocenters. The van der Waals surface area contributed by atoms with Gasteiger partial charge in [-0.1, -0.05) is 36.4 Å². The first-order valence-corrected chi connectivity index (χ1v) is 9.18. The molecule has 6 nitrogen and oxygen atoms in total. The Kier molecular flexibility index (Phi) is 4.66. The molecule has 4 rings (SSSR count). The molecule has 0 saturated carbocycles. The number of carbonyl (C=O) groups is 1. The number of carbonyl (C=O) groups excluding carboxylic acids is 1. The summed E-state index contributed by atoms with van der Waals surface area (Å²) >= 11 is 1.66. The molecule has 1 amide bonds. The van der Waals surface area contributed by atoms with Crippen LogP contribution in [0.2, 0.25) is 0 Å². The number of thiophene rings is 1. The molecule has 2 unspecified atom stereocenters. The highest BCUT2D eigenvalue weighted by molar-refractivity contribution is 7.10. The van der Waals surface area contributed by atoms with Gasteiger partial charge < -0.3 is 5.11 Å². The number of nitrogens with zero attached hydrogens (tertiary/aromatic N) is 1. The fourth-order valence-corrected chi connectivity index (χ4v) is 3.85. The Morgan fingerprint density at radius 3 is 2.92 bits per heavy atom. The van der Waals surface area contributed by atoms with Crippen LogP contribution in [-0.2, 0) is 4.79 Å². The van der Waals surface area contributed by atoms with Crippen LogP contribution in [0.15, 0.2) is 59.0 Å². The number of phenolic OH excluding ortho intramolecular Hbond substituents is 1. The van der Waals surface area contributed by atoms with Crippen molar-refractivity contribution in [3.63, 3.8) is 0 Å². The molecule has 2 aromatic carbocycles. The maximum atomic E-state index is 12.3. The Morgan fingerprint density at radius 2 is 2.08 bits per heavy atom. The molecule has 132 valence electrons. The SMILES string of the molecule is O=C(N/N=C/c1c(O)ccc2ccccc12)C1CC(c2cccs2)NN1. The van der Waals surface area contributed by atoms with Crippen molar-refractivity contribution in [2.75, 3.05) is 0 Å². The Bertz CT molecular complexity index is 955. The van der Waals surface area contributed by atoms with E-state index in [1.165, 1.54) is 11.1 Å². The lowest BCUT2D eigenvalue weighted by atomic mass is 10.0. The van der Waals surface area contributed by atoms with Gasteiger partial charge in [-0.25, -0.2) is 16.3 Å². The largest absolute Gasteiger partial charge is 0.507 e. The number of hydrazone groups is 1. The third kappa shape index (κ3) is 3.32. The number of hydrazine groups is 1. The first kappa shape index (κ1) is 16.7. The molecule has 3 aromatic rings. The summed E-state index contributed by atoms with van der Waals surface area (Å²) in [6, 6.07) is 15.0. The summed E-state index contributed by atoms with van der Waals surface area (Å²) in [6.45, 7) is 0. The number of amides is 1. The number of hydrogen-bond acceptors (Lipinski definition) is 6. The van der Waals surface area contributed by atoms with Gasteiger partial charge in [0.1, 0.15) is 11.8 Å². The second-order valence-electron chi connectivity index (χ2n) is 6.10. The molecule has 0 radical (unpaired) electrons. The highest BCUT2D eigenvalue weighted by atomic mass is 32.1. The van der Waals surface area contributed by atoms with E-state index < -0.39 is 0 Å². The van der Waals surface area contributed by atoms with E-state index >= 15 is 0 Å². The van der Waals surface area contributed by atoms with Crippen molar-refractivity contribution < 1.29 is 9.90 Å². The Hall–Kier alpha value is -2.74. The van der Waals surface area contributed by atoms with Gasteiger partial charge in [0.25, 0.3) is 5.91 Å². The van der Waals surface area contributed by atoms with Crippen LogP contribution in [0.25, 0.3) is 10.8 Å². The Balaban J connectivity index is 1.43. The van der Waals surface area contributed by atoms with E-state index in [9.17, 15) is 9.90 Å². The maximum Gasteiger partial charge on any atom is 0.258 e. The molecule has 2 heterocycles. The summed E-state index contributed by atoms with van der Waals surface area (Å²) in [7, 11) is 0. The van der Waals surface area contributed by atoms with Crippen molar-refractivity contribution in [3.05, 3.63) is 64.4 Å². The molecule has 0 aliphatic carbocycles. The minimum Gasteiger partial charge on any atom is -0.507 e. The van der Waals surface area contributed by atoms with Gasteiger partial charge in [0, 0.05) is 10.4 Å². The number of phenols is 1. The third-order valence-corrected chi connectivity index (χ3v) is 5.41. The van der Waals surface area contributed by atoms with Crippen molar-refractivity contribution in [2.45, 2.75) is 18.5 Å². The molecule has 1 saturated heterocycles. The number of fused-ring (bicyclic) bond motifs is 1. The maximum absolute atomic E-state index is 12.3. The lowest BCUT2D eigenvalue weighted by molar-refractivity contribution is -0.122. The number of hydrogen-bond donors (Lipinski definition) is 4. The number of nitrogens with one attached hydrogen (secondary N) is 3. The van der Waals surface area contributed by atoms with E-state index in [1.807, 2.05) is 47.8 Å². The highest BCUT2D eigenvalue weighted by Gasteiger charge is 2.30. The molecule has 0 spiro atoms. The van der Waals surface area contributed by atoms with Crippen molar-refractivity contribution >= 4 is 34.2 Å². The van der Waals surface area contributed by atoms with Crippen LogP contribution in [0, 0.1) is 0 Å². The fourth-order valence-electron chi connectivity index (χ4n) is 3.06. The van der Waals surface area contributed by atoms with E-state index in [-0.39, 0.29) is 23.7 Å². The van der Waals surface area contributed by atoms with Gasteiger partial charge in [0.05, 0.1) is 12.3 Å². The van der Waals surface area contributed by atoms with Gasteiger partial charge in [-0.3, -0.25) is 4.79 Å². The Morgan fingerprint density at radius 1 is 1.19 bits per heavy atom. The minimum absolute atomic E-state index is 0.122. The molecule has 1 aliphatic rings. The van der Waals surface area contributed by atoms with E-state index in [2.05, 4.69) is 21.4 Å². The number of rotatable bonds is 4. The molecule has 1 aliphatic heterocycles. The topological polar surface area (TPSA) is 85.8 Å². The molecule has 1 aromatic heterocycles. The zero-order chi connectivity index (χ0) is 17.9. The lowest BCUT2D eigenvalue weighted by Crippen LogP contribution is -2.41. The summed E-state index contributed by atoms with van der Waals surface area (Å²) < 4.78 is 0. The van der Waals surface area contributed by atoms with Gasteiger partial charge >= 0.3 is 0 Å². The number of aromatic hydroxyl groups is 1. The van der Waals surface area contributed by atoms with E-state index in [0.717, 1.165) is 10.8 Å². The molecule has 1 fully saturated rings. The van der Waals surface area contributed by atoms with Crippen LogP contribution in [0.3, 0.4) is 0 Å². The van der Waals surface area contributed by atoms with Gasteiger partial charge in [-0.05, 0) is 34.7 Å². The Labute approximate surface area is 154 Å². The molecule has 26 heavy (non-hydrogen) atoms. The molecule has 7 heteroatoms. The lowest BCUT2D eigenvalue weighted by Gasteiger charge is -2.07. The quantitative estimate of drug-likeness (QED) is 0.422. The van der Waals surface area contributed by atoms with Crippen molar-refractivity contribution in [3.8, 4) is 5.75 Å². The third-order valence-electron chi connectivity index (χ3n) is 4.42. The van der Waals surface area contributed by atoms with Crippen molar-refractivity contribution in [1.82, 2.24) is 16.3 Å². The molecule has 0 bridgehead atoms. The average Bonchev–Trinajstić information content (AvgIpc) is 3.35. The van der Waals surface area contributed by atoms with Crippen LogP contribution in [0.4, 0.5) is 0 Å². The second-order valence-corrected chi connectivity index (χ2v) is 7.08.